The lowest BCUT2D eigenvalue weighted by atomic mass is 10.0. The van der Waals surface area contributed by atoms with E-state index in [-0.39, 0.29) is 17.9 Å². The summed E-state index contributed by atoms with van der Waals surface area (Å²) in [5, 5.41) is 3.56. The summed E-state index contributed by atoms with van der Waals surface area (Å²) in [4.78, 5) is 28.5. The second kappa shape index (κ2) is 9.28. The fraction of sp³-hybridized carbons (Fsp3) is 0.391. The molecule has 1 aliphatic rings. The number of aryl methyl sites for hydroxylation is 1. The number of benzene rings is 2. The van der Waals surface area contributed by atoms with E-state index in [1.54, 1.807) is 11.8 Å². The number of amides is 2. The molecule has 0 saturated carbocycles. The molecule has 0 atom stereocenters. The van der Waals surface area contributed by atoms with Gasteiger partial charge in [0.05, 0.1) is 5.56 Å². The molecule has 2 aromatic rings. The van der Waals surface area contributed by atoms with Gasteiger partial charge in [0.15, 0.2) is 0 Å². The topological polar surface area (TPSA) is 49.4 Å². The number of rotatable bonds is 5. The predicted octanol–water partition coefficient (Wildman–Crippen LogP) is 4.53. The van der Waals surface area contributed by atoms with Crippen molar-refractivity contribution in [3.05, 3.63) is 65.2 Å². The Morgan fingerprint density at radius 1 is 1.00 bits per heavy atom. The molecule has 0 bridgehead atoms. The molecule has 0 radical (unpaired) electrons. The quantitative estimate of drug-likeness (QED) is 0.756. The average molecular weight is 397 g/mol. The second-order valence-electron chi connectivity index (χ2n) is 7.52. The van der Waals surface area contributed by atoms with Crippen LogP contribution in [0.2, 0.25) is 0 Å². The van der Waals surface area contributed by atoms with Crippen LogP contribution in [0.15, 0.2) is 53.4 Å². The highest BCUT2D eigenvalue weighted by Crippen LogP contribution is 2.28. The third-order valence-electron chi connectivity index (χ3n) is 4.99. The number of thioether (sulfide) groups is 1. The van der Waals surface area contributed by atoms with Gasteiger partial charge in [-0.2, -0.15) is 0 Å². The summed E-state index contributed by atoms with van der Waals surface area (Å²) < 4.78 is 0. The first kappa shape index (κ1) is 20.5. The molecule has 1 heterocycles. The van der Waals surface area contributed by atoms with E-state index in [1.807, 2.05) is 60.4 Å². The van der Waals surface area contributed by atoms with Crippen LogP contribution in [-0.2, 0) is 0 Å². The molecule has 28 heavy (non-hydrogen) atoms. The zero-order chi connectivity index (χ0) is 20.1. The van der Waals surface area contributed by atoms with Crippen LogP contribution in [0.5, 0.6) is 0 Å². The molecule has 0 unspecified atom stereocenters. The average Bonchev–Trinajstić information content (AvgIpc) is 2.68. The lowest BCUT2D eigenvalue weighted by Gasteiger charge is -2.33. The number of hydrogen-bond donors (Lipinski definition) is 1. The summed E-state index contributed by atoms with van der Waals surface area (Å²) in [7, 11) is 0. The maximum atomic E-state index is 13.0. The molecule has 2 aromatic carbocycles. The van der Waals surface area contributed by atoms with E-state index in [0.29, 0.717) is 18.3 Å². The highest BCUT2D eigenvalue weighted by atomic mass is 32.2. The largest absolute Gasteiger partial charge is 0.349 e. The SMILES string of the molecule is Cc1ccccc1C(=O)NC1CCN(C(=O)c2ccccc2SC(C)C)CC1. The van der Waals surface area contributed by atoms with E-state index in [4.69, 9.17) is 0 Å². The zero-order valence-corrected chi connectivity index (χ0v) is 17.6. The minimum Gasteiger partial charge on any atom is -0.349 e. The Bertz CT molecular complexity index is 842. The van der Waals surface area contributed by atoms with E-state index >= 15 is 0 Å². The third kappa shape index (κ3) is 4.96. The van der Waals surface area contributed by atoms with Gasteiger partial charge in [0.25, 0.3) is 11.8 Å². The molecule has 3 rings (SSSR count). The predicted molar refractivity (Wildman–Crippen MR) is 115 cm³/mol. The van der Waals surface area contributed by atoms with Crippen LogP contribution in [0.1, 0.15) is 53.0 Å². The van der Waals surface area contributed by atoms with Crippen molar-refractivity contribution < 1.29 is 9.59 Å². The fourth-order valence-corrected chi connectivity index (χ4v) is 4.44. The molecule has 0 aliphatic carbocycles. The first-order valence-electron chi connectivity index (χ1n) is 9.87. The zero-order valence-electron chi connectivity index (χ0n) is 16.8. The van der Waals surface area contributed by atoms with Crippen molar-refractivity contribution in [1.82, 2.24) is 10.2 Å². The molecule has 1 N–H and O–H groups in total. The normalized spacial score (nSPS) is 14.9. The van der Waals surface area contributed by atoms with Gasteiger partial charge in [0, 0.05) is 34.8 Å². The number of piperidine rings is 1. The lowest BCUT2D eigenvalue weighted by molar-refractivity contribution is 0.0694. The monoisotopic (exact) mass is 396 g/mol. The minimum absolute atomic E-state index is 0.0263. The van der Waals surface area contributed by atoms with Gasteiger partial charge in [0.1, 0.15) is 0 Å². The molecule has 1 aliphatic heterocycles. The smallest absolute Gasteiger partial charge is 0.254 e. The van der Waals surface area contributed by atoms with Crippen LogP contribution in [0.25, 0.3) is 0 Å². The van der Waals surface area contributed by atoms with Crippen LogP contribution in [0.4, 0.5) is 0 Å². The van der Waals surface area contributed by atoms with E-state index in [1.165, 1.54) is 0 Å². The van der Waals surface area contributed by atoms with E-state index < -0.39 is 0 Å². The van der Waals surface area contributed by atoms with Crippen molar-refractivity contribution in [3.8, 4) is 0 Å². The molecule has 0 spiro atoms. The van der Waals surface area contributed by atoms with Crippen LogP contribution in [0, 0.1) is 6.92 Å². The number of nitrogens with zero attached hydrogens (tertiary/aromatic N) is 1. The summed E-state index contributed by atoms with van der Waals surface area (Å²) in [6.07, 6.45) is 1.56. The van der Waals surface area contributed by atoms with Crippen LogP contribution in [-0.4, -0.2) is 41.1 Å². The lowest BCUT2D eigenvalue weighted by Crippen LogP contribution is -2.46. The fourth-order valence-electron chi connectivity index (χ4n) is 3.49. The highest BCUT2D eigenvalue weighted by molar-refractivity contribution is 8.00. The van der Waals surface area contributed by atoms with Gasteiger partial charge in [-0.15, -0.1) is 11.8 Å². The number of carbonyl (C=O) groups is 2. The number of nitrogens with one attached hydrogen (secondary N) is 1. The van der Waals surface area contributed by atoms with Crippen LogP contribution >= 0.6 is 11.8 Å². The number of hydrogen-bond acceptors (Lipinski definition) is 3. The van der Waals surface area contributed by atoms with Gasteiger partial charge < -0.3 is 10.2 Å². The molecule has 2 amide bonds. The van der Waals surface area contributed by atoms with Crippen molar-refractivity contribution in [1.29, 1.82) is 0 Å². The van der Waals surface area contributed by atoms with E-state index in [9.17, 15) is 9.59 Å². The summed E-state index contributed by atoms with van der Waals surface area (Å²) in [6.45, 7) is 7.54. The standard InChI is InChI=1S/C23H28N2O2S/c1-16(2)28-21-11-7-6-10-20(21)23(27)25-14-12-18(13-15-25)24-22(26)19-9-5-4-8-17(19)3/h4-11,16,18H,12-15H2,1-3H3,(H,24,26). The van der Waals surface area contributed by atoms with E-state index in [2.05, 4.69) is 19.2 Å². The molecule has 4 nitrogen and oxygen atoms in total. The molecule has 0 aromatic heterocycles. The van der Waals surface area contributed by atoms with Crippen molar-refractivity contribution in [2.24, 2.45) is 0 Å². The first-order chi connectivity index (χ1) is 13.5. The van der Waals surface area contributed by atoms with Crippen molar-refractivity contribution in [2.45, 2.75) is 49.8 Å². The molecule has 5 heteroatoms. The van der Waals surface area contributed by atoms with Gasteiger partial charge in [-0.1, -0.05) is 44.2 Å². The van der Waals surface area contributed by atoms with Gasteiger partial charge in [-0.05, 0) is 43.5 Å². The Balaban J connectivity index is 1.59. The number of carbonyl (C=O) groups excluding carboxylic acids is 2. The van der Waals surface area contributed by atoms with Gasteiger partial charge in [-0.3, -0.25) is 9.59 Å². The Morgan fingerprint density at radius 2 is 1.61 bits per heavy atom. The highest BCUT2D eigenvalue weighted by Gasteiger charge is 2.26. The molecule has 1 fully saturated rings. The van der Waals surface area contributed by atoms with Crippen molar-refractivity contribution >= 4 is 23.6 Å². The van der Waals surface area contributed by atoms with Crippen LogP contribution in [0.3, 0.4) is 0 Å². The van der Waals surface area contributed by atoms with Crippen molar-refractivity contribution in [2.75, 3.05) is 13.1 Å². The first-order valence-corrected chi connectivity index (χ1v) is 10.7. The van der Waals surface area contributed by atoms with Crippen molar-refractivity contribution in [3.63, 3.8) is 0 Å². The summed E-state index contributed by atoms with van der Waals surface area (Å²) in [5.41, 5.74) is 2.48. The Hall–Kier alpha value is -2.27. The van der Waals surface area contributed by atoms with Gasteiger partial charge in [-0.25, -0.2) is 0 Å². The molecular formula is C23H28N2O2S. The van der Waals surface area contributed by atoms with Crippen LogP contribution < -0.4 is 5.32 Å². The summed E-state index contributed by atoms with van der Waals surface area (Å²) in [5.74, 6) is 0.0639. The molecule has 148 valence electrons. The van der Waals surface area contributed by atoms with E-state index in [0.717, 1.165) is 34.4 Å². The van der Waals surface area contributed by atoms with Gasteiger partial charge in [0.2, 0.25) is 0 Å². The second-order valence-corrected chi connectivity index (χ2v) is 9.14. The Morgan fingerprint density at radius 3 is 2.25 bits per heavy atom. The summed E-state index contributed by atoms with van der Waals surface area (Å²) >= 11 is 1.72. The Kier molecular flexibility index (Phi) is 6.79. The maximum Gasteiger partial charge on any atom is 0.254 e. The summed E-state index contributed by atoms with van der Waals surface area (Å²) in [6, 6.07) is 15.6. The van der Waals surface area contributed by atoms with Gasteiger partial charge >= 0.3 is 0 Å². The third-order valence-corrected chi connectivity index (χ3v) is 6.07. The molecule has 1 saturated heterocycles. The minimum atomic E-state index is -0.0263. The maximum absolute atomic E-state index is 13.0. The number of likely N-dealkylation sites (tertiary alicyclic amines) is 1. The Labute approximate surface area is 171 Å². The molecular weight excluding hydrogens is 368 g/mol.